The highest BCUT2D eigenvalue weighted by Crippen LogP contribution is 2.24. The zero-order valence-electron chi connectivity index (χ0n) is 15.7. The molecule has 4 aromatic rings. The number of furan rings is 1. The molecule has 5 nitrogen and oxygen atoms in total. The Kier molecular flexibility index (Phi) is 4.57. The van der Waals surface area contributed by atoms with Gasteiger partial charge < -0.3 is 14.1 Å². The van der Waals surface area contributed by atoms with Crippen molar-refractivity contribution in [1.29, 1.82) is 0 Å². The second-order valence-corrected chi connectivity index (χ2v) is 6.85. The summed E-state index contributed by atoms with van der Waals surface area (Å²) in [5, 5.41) is 10.1. The van der Waals surface area contributed by atoms with Crippen molar-refractivity contribution in [1.82, 2.24) is 4.57 Å². The summed E-state index contributed by atoms with van der Waals surface area (Å²) < 4.78 is 7.45. The minimum Gasteiger partial charge on any atom is -0.475 e. The number of aryl methyl sites for hydroxylation is 2. The van der Waals surface area contributed by atoms with E-state index in [4.69, 9.17) is 9.52 Å². The first-order valence-electron chi connectivity index (χ1n) is 9.02. The Bertz CT molecular complexity index is 1200. The van der Waals surface area contributed by atoms with Crippen LogP contribution in [0.4, 0.5) is 5.69 Å². The minimum atomic E-state index is -1.06. The molecule has 0 bridgehead atoms. The third-order valence-corrected chi connectivity index (χ3v) is 4.71. The van der Waals surface area contributed by atoms with E-state index in [-0.39, 0.29) is 5.76 Å². The van der Waals surface area contributed by atoms with Gasteiger partial charge in [0.2, 0.25) is 5.76 Å². The average molecular weight is 372 g/mol. The number of aliphatic imine (C=N–C) groups is 1. The summed E-state index contributed by atoms with van der Waals surface area (Å²) in [7, 11) is 0. The number of carbonyl (C=O) groups is 1. The van der Waals surface area contributed by atoms with Gasteiger partial charge in [0.25, 0.3) is 0 Å². The number of para-hydroxylation sites is 1. The van der Waals surface area contributed by atoms with Crippen molar-refractivity contribution < 1.29 is 14.3 Å². The highest BCUT2D eigenvalue weighted by atomic mass is 16.4. The normalized spacial score (nSPS) is 11.5. The molecule has 2 heterocycles. The van der Waals surface area contributed by atoms with Crippen LogP contribution < -0.4 is 0 Å². The number of carboxylic acids is 1. The monoisotopic (exact) mass is 372 g/mol. The maximum atomic E-state index is 11.0. The Hall–Kier alpha value is -3.60. The molecule has 2 aromatic heterocycles. The number of carboxylic acid groups (broad SMARTS) is 1. The number of benzene rings is 2. The molecule has 0 radical (unpaired) electrons. The Morgan fingerprint density at radius 1 is 1.14 bits per heavy atom. The van der Waals surface area contributed by atoms with Crippen molar-refractivity contribution in [3.05, 3.63) is 89.0 Å². The van der Waals surface area contributed by atoms with Gasteiger partial charge in [-0.2, -0.15) is 0 Å². The van der Waals surface area contributed by atoms with Crippen LogP contribution in [0.5, 0.6) is 0 Å². The molecular formula is C23H20N2O3. The van der Waals surface area contributed by atoms with E-state index in [2.05, 4.69) is 37.0 Å². The summed E-state index contributed by atoms with van der Waals surface area (Å²) in [6.07, 6.45) is 3.89. The largest absolute Gasteiger partial charge is 0.475 e. The zero-order valence-corrected chi connectivity index (χ0v) is 15.7. The van der Waals surface area contributed by atoms with Crippen molar-refractivity contribution in [2.75, 3.05) is 0 Å². The van der Waals surface area contributed by atoms with E-state index in [1.165, 1.54) is 11.6 Å². The molecule has 0 saturated heterocycles. The third kappa shape index (κ3) is 3.47. The first-order chi connectivity index (χ1) is 13.5. The van der Waals surface area contributed by atoms with Crippen LogP contribution in [0, 0.1) is 13.8 Å². The van der Waals surface area contributed by atoms with Gasteiger partial charge in [-0.15, -0.1) is 0 Å². The molecule has 5 heteroatoms. The number of aromatic nitrogens is 1. The predicted molar refractivity (Wildman–Crippen MR) is 110 cm³/mol. The number of fused-ring (bicyclic) bond motifs is 1. The van der Waals surface area contributed by atoms with Gasteiger partial charge in [0.05, 0.1) is 12.2 Å². The van der Waals surface area contributed by atoms with Crippen molar-refractivity contribution >= 4 is 28.8 Å². The molecule has 0 amide bonds. The highest BCUT2D eigenvalue weighted by molar-refractivity contribution is 6.00. The van der Waals surface area contributed by atoms with Gasteiger partial charge in [0.1, 0.15) is 5.76 Å². The lowest BCUT2D eigenvalue weighted by molar-refractivity contribution is 0.0660. The van der Waals surface area contributed by atoms with Gasteiger partial charge in [-0.1, -0.05) is 35.9 Å². The zero-order chi connectivity index (χ0) is 19.7. The molecule has 0 fully saturated rings. The lowest BCUT2D eigenvalue weighted by atomic mass is 10.1. The number of rotatable bonds is 5. The molecule has 0 aliphatic heterocycles. The summed E-state index contributed by atoms with van der Waals surface area (Å²) in [5.41, 5.74) is 5.34. The van der Waals surface area contributed by atoms with Crippen molar-refractivity contribution in [3.63, 3.8) is 0 Å². The smallest absolute Gasteiger partial charge is 0.371 e. The van der Waals surface area contributed by atoms with Crippen molar-refractivity contribution in [2.24, 2.45) is 4.99 Å². The topological polar surface area (TPSA) is 67.7 Å². The molecule has 1 N–H and O–H groups in total. The van der Waals surface area contributed by atoms with E-state index >= 15 is 0 Å². The summed E-state index contributed by atoms with van der Waals surface area (Å²) in [6, 6.07) is 17.4. The first kappa shape index (κ1) is 17.8. The summed E-state index contributed by atoms with van der Waals surface area (Å²) in [5.74, 6) is -0.524. The number of hydrogen-bond acceptors (Lipinski definition) is 3. The Labute approximate surface area is 162 Å². The van der Waals surface area contributed by atoms with E-state index in [0.717, 1.165) is 27.7 Å². The van der Waals surface area contributed by atoms with Crippen LogP contribution in [0.1, 0.15) is 33.0 Å². The summed E-state index contributed by atoms with van der Waals surface area (Å²) in [4.78, 5) is 15.7. The third-order valence-electron chi connectivity index (χ3n) is 4.71. The predicted octanol–water partition coefficient (Wildman–Crippen LogP) is 5.35. The second kappa shape index (κ2) is 7.19. The fourth-order valence-corrected chi connectivity index (χ4v) is 3.34. The first-order valence-corrected chi connectivity index (χ1v) is 9.02. The van der Waals surface area contributed by atoms with Crippen LogP contribution in [0.3, 0.4) is 0 Å². The average Bonchev–Trinajstić information content (AvgIpc) is 3.27. The van der Waals surface area contributed by atoms with Crippen molar-refractivity contribution in [3.8, 4) is 0 Å². The van der Waals surface area contributed by atoms with Crippen LogP contribution in [0.15, 0.2) is 70.2 Å². The van der Waals surface area contributed by atoms with Gasteiger partial charge in [-0.05, 0) is 43.7 Å². The van der Waals surface area contributed by atoms with E-state index < -0.39 is 5.97 Å². The van der Waals surface area contributed by atoms with Gasteiger partial charge in [0.15, 0.2) is 0 Å². The van der Waals surface area contributed by atoms with Gasteiger partial charge in [-0.3, -0.25) is 4.99 Å². The van der Waals surface area contributed by atoms with E-state index in [1.807, 2.05) is 41.2 Å². The summed E-state index contributed by atoms with van der Waals surface area (Å²) in [6.45, 7) is 4.57. The number of aromatic carboxylic acids is 1. The summed E-state index contributed by atoms with van der Waals surface area (Å²) >= 11 is 0. The Morgan fingerprint density at radius 2 is 1.96 bits per heavy atom. The SMILES string of the molecule is Cc1ccc(N=Cc2cn(Cc3ccc(C(=O)O)o3)c3ccccc23)c(C)c1. The van der Waals surface area contributed by atoms with Gasteiger partial charge >= 0.3 is 5.97 Å². The molecule has 140 valence electrons. The molecule has 0 spiro atoms. The highest BCUT2D eigenvalue weighted by Gasteiger charge is 2.12. The van der Waals surface area contributed by atoms with Crippen LogP contribution in [-0.2, 0) is 6.54 Å². The van der Waals surface area contributed by atoms with Crippen molar-refractivity contribution in [2.45, 2.75) is 20.4 Å². The molecule has 28 heavy (non-hydrogen) atoms. The quantitative estimate of drug-likeness (QED) is 0.480. The van der Waals surface area contributed by atoms with E-state index in [9.17, 15) is 4.79 Å². The standard InChI is InChI=1S/C23H20N2O3/c1-15-7-9-20(16(2)11-15)24-12-17-13-25(21-6-4-3-5-19(17)21)14-18-8-10-22(28-18)23(26)27/h3-13H,14H2,1-2H3,(H,26,27). The molecule has 0 aliphatic rings. The van der Waals surface area contributed by atoms with Crippen LogP contribution in [0.25, 0.3) is 10.9 Å². The molecule has 0 saturated carbocycles. The molecule has 4 rings (SSSR count). The minimum absolute atomic E-state index is 0.0527. The van der Waals surface area contributed by atoms with Crippen LogP contribution in [0.2, 0.25) is 0 Å². The fourth-order valence-electron chi connectivity index (χ4n) is 3.34. The molecule has 0 unspecified atom stereocenters. The Balaban J connectivity index is 1.69. The molecular weight excluding hydrogens is 352 g/mol. The maximum Gasteiger partial charge on any atom is 0.371 e. The van der Waals surface area contributed by atoms with E-state index in [1.54, 1.807) is 6.07 Å². The lowest BCUT2D eigenvalue weighted by Gasteiger charge is -2.02. The van der Waals surface area contributed by atoms with Crippen LogP contribution >= 0.6 is 0 Å². The van der Waals surface area contributed by atoms with Gasteiger partial charge in [-0.25, -0.2) is 4.79 Å². The van der Waals surface area contributed by atoms with Crippen LogP contribution in [-0.4, -0.2) is 21.9 Å². The maximum absolute atomic E-state index is 11.0. The van der Waals surface area contributed by atoms with E-state index in [0.29, 0.717) is 12.3 Å². The molecule has 0 atom stereocenters. The second-order valence-electron chi connectivity index (χ2n) is 6.85. The fraction of sp³-hybridized carbons (Fsp3) is 0.130. The molecule has 2 aromatic carbocycles. The Morgan fingerprint density at radius 3 is 2.71 bits per heavy atom. The number of nitrogens with zero attached hydrogens (tertiary/aromatic N) is 2. The lowest BCUT2D eigenvalue weighted by Crippen LogP contribution is -1.97. The van der Waals surface area contributed by atoms with Gasteiger partial charge in [0, 0.05) is 28.9 Å². The number of hydrogen-bond donors (Lipinski definition) is 1. The molecule has 0 aliphatic carbocycles.